The van der Waals surface area contributed by atoms with Gasteiger partial charge in [-0.3, -0.25) is 9.80 Å². The zero-order valence-corrected chi connectivity index (χ0v) is 12.8. The first-order chi connectivity index (χ1) is 9.72. The van der Waals surface area contributed by atoms with Gasteiger partial charge in [-0.25, -0.2) is 0 Å². The number of nitrogens with zero attached hydrogens (tertiary/aromatic N) is 2. The number of ether oxygens (including phenoxy) is 2. The van der Waals surface area contributed by atoms with E-state index in [9.17, 15) is 0 Å². The van der Waals surface area contributed by atoms with E-state index in [4.69, 9.17) is 9.47 Å². The molecule has 4 bridgehead atoms. The maximum atomic E-state index is 6.21. The van der Waals surface area contributed by atoms with Gasteiger partial charge in [-0.1, -0.05) is 6.42 Å². The Kier molecular flexibility index (Phi) is 3.53. The van der Waals surface area contributed by atoms with Crippen LogP contribution in [0.3, 0.4) is 0 Å². The molecule has 114 valence electrons. The average molecular weight is 280 g/mol. The van der Waals surface area contributed by atoms with Crippen molar-refractivity contribution in [1.82, 2.24) is 9.80 Å². The van der Waals surface area contributed by atoms with Crippen molar-refractivity contribution in [3.63, 3.8) is 0 Å². The van der Waals surface area contributed by atoms with E-state index < -0.39 is 0 Å². The molecule has 4 nitrogen and oxygen atoms in total. The molecule has 0 aromatic carbocycles. The largest absolute Gasteiger partial charge is 0.378 e. The van der Waals surface area contributed by atoms with E-state index in [0.29, 0.717) is 36.4 Å². The average Bonchev–Trinajstić information content (AvgIpc) is 2.96. The van der Waals surface area contributed by atoms with Gasteiger partial charge >= 0.3 is 0 Å². The van der Waals surface area contributed by atoms with Gasteiger partial charge in [0.1, 0.15) is 0 Å². The molecule has 4 heterocycles. The first kappa shape index (κ1) is 13.5. The van der Waals surface area contributed by atoms with Crippen molar-refractivity contribution in [1.29, 1.82) is 0 Å². The molecule has 4 unspecified atom stereocenters. The maximum absolute atomic E-state index is 6.21. The number of likely N-dealkylation sites (tertiary alicyclic amines) is 1. The normalized spacial score (nSPS) is 46.8. The van der Waals surface area contributed by atoms with E-state index in [-0.39, 0.29) is 0 Å². The van der Waals surface area contributed by atoms with E-state index >= 15 is 0 Å². The molecule has 0 aromatic rings. The van der Waals surface area contributed by atoms with Crippen LogP contribution in [-0.4, -0.2) is 73.0 Å². The highest BCUT2D eigenvalue weighted by Gasteiger charge is 2.46. The molecule has 20 heavy (non-hydrogen) atoms. The first-order valence-corrected chi connectivity index (χ1v) is 8.43. The molecule has 4 rings (SSSR count). The Bertz CT molecular complexity index is 342. The quantitative estimate of drug-likeness (QED) is 0.782. The van der Waals surface area contributed by atoms with Crippen LogP contribution >= 0.6 is 0 Å². The van der Waals surface area contributed by atoms with Crippen LogP contribution in [0.25, 0.3) is 0 Å². The zero-order valence-electron chi connectivity index (χ0n) is 12.8. The van der Waals surface area contributed by atoms with Crippen LogP contribution in [0.5, 0.6) is 0 Å². The third-order valence-corrected chi connectivity index (χ3v) is 5.98. The molecule has 0 aliphatic carbocycles. The monoisotopic (exact) mass is 280 g/mol. The van der Waals surface area contributed by atoms with Crippen molar-refractivity contribution in [2.75, 3.05) is 26.8 Å². The second-order valence-corrected chi connectivity index (χ2v) is 7.35. The van der Waals surface area contributed by atoms with Crippen molar-refractivity contribution in [3.05, 3.63) is 0 Å². The number of rotatable bonds is 3. The molecule has 0 spiro atoms. The topological polar surface area (TPSA) is 24.9 Å². The molecule has 0 aromatic heterocycles. The SMILES string of the molecule is CC(CC1O[C@@H]2C[C@H]1N(C)C2)N1C2CCCC1COC2. The molecular weight excluding hydrogens is 252 g/mol. The van der Waals surface area contributed by atoms with Crippen molar-refractivity contribution < 1.29 is 9.47 Å². The van der Waals surface area contributed by atoms with Gasteiger partial charge in [0, 0.05) is 30.7 Å². The van der Waals surface area contributed by atoms with Gasteiger partial charge in [-0.15, -0.1) is 0 Å². The minimum absolute atomic E-state index is 0.456. The second-order valence-electron chi connectivity index (χ2n) is 7.35. The van der Waals surface area contributed by atoms with Gasteiger partial charge in [-0.2, -0.15) is 0 Å². The van der Waals surface area contributed by atoms with Crippen LogP contribution in [-0.2, 0) is 9.47 Å². The Labute approximate surface area is 122 Å². The zero-order chi connectivity index (χ0) is 13.7. The minimum Gasteiger partial charge on any atom is -0.378 e. The highest BCUT2D eigenvalue weighted by atomic mass is 16.5. The summed E-state index contributed by atoms with van der Waals surface area (Å²) in [6, 6.07) is 2.62. The van der Waals surface area contributed by atoms with E-state index in [1.165, 1.54) is 32.1 Å². The Balaban J connectivity index is 1.41. The number of piperidine rings is 1. The van der Waals surface area contributed by atoms with E-state index in [2.05, 4.69) is 23.8 Å². The number of hydrogen-bond donors (Lipinski definition) is 0. The lowest BCUT2D eigenvalue weighted by atomic mass is 9.90. The molecule has 4 aliphatic rings. The van der Waals surface area contributed by atoms with Crippen LogP contribution in [0, 0.1) is 0 Å². The molecule has 4 heteroatoms. The van der Waals surface area contributed by atoms with E-state index in [0.717, 1.165) is 19.8 Å². The highest BCUT2D eigenvalue weighted by Crippen LogP contribution is 2.36. The summed E-state index contributed by atoms with van der Waals surface area (Å²) in [7, 11) is 2.26. The predicted molar refractivity (Wildman–Crippen MR) is 77.9 cm³/mol. The Hall–Kier alpha value is -0.160. The molecule has 6 atom stereocenters. The molecule has 0 N–H and O–H groups in total. The summed E-state index contributed by atoms with van der Waals surface area (Å²) in [5.74, 6) is 0. The summed E-state index contributed by atoms with van der Waals surface area (Å²) >= 11 is 0. The third kappa shape index (κ3) is 2.21. The van der Waals surface area contributed by atoms with Crippen molar-refractivity contribution in [2.24, 2.45) is 0 Å². The number of likely N-dealkylation sites (N-methyl/N-ethyl adjacent to an activating group) is 1. The van der Waals surface area contributed by atoms with E-state index in [1.54, 1.807) is 0 Å². The molecule has 0 amide bonds. The lowest BCUT2D eigenvalue weighted by Gasteiger charge is -2.49. The molecule has 4 saturated heterocycles. The van der Waals surface area contributed by atoms with Crippen LogP contribution in [0.15, 0.2) is 0 Å². The van der Waals surface area contributed by atoms with Crippen molar-refractivity contribution in [3.8, 4) is 0 Å². The predicted octanol–water partition coefficient (Wildman–Crippen LogP) is 1.49. The summed E-state index contributed by atoms with van der Waals surface area (Å²) in [6.07, 6.45) is 7.43. The van der Waals surface area contributed by atoms with Gasteiger partial charge in [0.05, 0.1) is 25.4 Å². The molecule has 4 aliphatic heterocycles. The lowest BCUT2D eigenvalue weighted by Crippen LogP contribution is -2.59. The summed E-state index contributed by atoms with van der Waals surface area (Å²) in [6.45, 7) is 5.43. The number of hydrogen-bond acceptors (Lipinski definition) is 4. The van der Waals surface area contributed by atoms with Gasteiger partial charge in [0.15, 0.2) is 0 Å². The molecule has 4 fully saturated rings. The highest BCUT2D eigenvalue weighted by molar-refractivity contribution is 4.99. The van der Waals surface area contributed by atoms with Gasteiger partial charge in [0.25, 0.3) is 0 Å². The standard InChI is InChI=1S/C16H28N2O2/c1-11(6-16-15-7-14(20-16)8-17(15)2)18-12-4-3-5-13(18)10-19-9-12/h11-16H,3-10H2,1-2H3/t11?,12?,13?,14-,15-,16?/m1/s1. The van der Waals surface area contributed by atoms with E-state index in [1.807, 2.05) is 0 Å². The minimum atomic E-state index is 0.456. The van der Waals surface area contributed by atoms with Crippen molar-refractivity contribution >= 4 is 0 Å². The van der Waals surface area contributed by atoms with Gasteiger partial charge in [-0.05, 0) is 39.7 Å². The fourth-order valence-electron chi connectivity index (χ4n) is 5.11. The Morgan fingerprint density at radius 2 is 1.95 bits per heavy atom. The Morgan fingerprint density at radius 1 is 1.20 bits per heavy atom. The molecule has 0 saturated carbocycles. The van der Waals surface area contributed by atoms with Crippen LogP contribution in [0.4, 0.5) is 0 Å². The number of fused-ring (bicyclic) bond motifs is 4. The molecular formula is C16H28N2O2. The van der Waals surface area contributed by atoms with Gasteiger partial charge in [0.2, 0.25) is 0 Å². The van der Waals surface area contributed by atoms with Crippen LogP contribution in [0.2, 0.25) is 0 Å². The fourth-order valence-corrected chi connectivity index (χ4v) is 5.11. The second kappa shape index (κ2) is 5.24. The van der Waals surface area contributed by atoms with Gasteiger partial charge < -0.3 is 9.47 Å². The van der Waals surface area contributed by atoms with Crippen molar-refractivity contribution in [2.45, 2.75) is 75.4 Å². The third-order valence-electron chi connectivity index (χ3n) is 5.98. The summed E-state index contributed by atoms with van der Waals surface area (Å²) in [5.41, 5.74) is 0. The smallest absolute Gasteiger partial charge is 0.0750 e. The van der Waals surface area contributed by atoms with Crippen LogP contribution < -0.4 is 0 Å². The summed E-state index contributed by atoms with van der Waals surface area (Å²) in [5, 5.41) is 0. The summed E-state index contributed by atoms with van der Waals surface area (Å²) < 4.78 is 12.0. The Morgan fingerprint density at radius 3 is 2.60 bits per heavy atom. The number of morpholine rings is 2. The first-order valence-electron chi connectivity index (χ1n) is 8.43. The summed E-state index contributed by atoms with van der Waals surface area (Å²) in [4.78, 5) is 5.27. The maximum Gasteiger partial charge on any atom is 0.0750 e. The van der Waals surface area contributed by atoms with Crippen LogP contribution in [0.1, 0.15) is 39.0 Å². The fraction of sp³-hybridized carbons (Fsp3) is 1.00. The molecule has 0 radical (unpaired) electrons. The lowest BCUT2D eigenvalue weighted by molar-refractivity contribution is -0.105.